The van der Waals surface area contributed by atoms with Crippen LogP contribution >= 0.6 is 0 Å². The standard InChI is InChI=1S/C15H17N3O3/c1-20-11-4-5-12(13(16)7-11)15(19)18-9-10-3-6-14(21-2)17-8-10/h3-8H,9,16H2,1-2H3,(H,18,19). The quantitative estimate of drug-likeness (QED) is 0.816. The van der Waals surface area contributed by atoms with Crippen LogP contribution in [0.2, 0.25) is 0 Å². The molecule has 0 atom stereocenters. The third-order valence-electron chi connectivity index (χ3n) is 2.96. The van der Waals surface area contributed by atoms with Gasteiger partial charge in [-0.15, -0.1) is 0 Å². The van der Waals surface area contributed by atoms with Crippen molar-refractivity contribution in [3.05, 3.63) is 47.7 Å². The van der Waals surface area contributed by atoms with Crippen molar-refractivity contribution >= 4 is 11.6 Å². The van der Waals surface area contributed by atoms with Gasteiger partial charge in [0.2, 0.25) is 5.88 Å². The zero-order valence-corrected chi connectivity index (χ0v) is 11.9. The van der Waals surface area contributed by atoms with Crippen molar-refractivity contribution in [3.63, 3.8) is 0 Å². The lowest BCUT2D eigenvalue weighted by Crippen LogP contribution is -2.23. The highest BCUT2D eigenvalue weighted by molar-refractivity contribution is 5.99. The molecule has 6 heteroatoms. The van der Waals surface area contributed by atoms with Crippen molar-refractivity contribution in [2.24, 2.45) is 0 Å². The van der Waals surface area contributed by atoms with Gasteiger partial charge in [0.05, 0.1) is 19.8 Å². The van der Waals surface area contributed by atoms with E-state index in [4.69, 9.17) is 15.2 Å². The molecule has 21 heavy (non-hydrogen) atoms. The molecule has 0 aliphatic heterocycles. The molecule has 0 fully saturated rings. The molecule has 2 aromatic rings. The van der Waals surface area contributed by atoms with Gasteiger partial charge in [0.1, 0.15) is 5.75 Å². The molecule has 0 radical (unpaired) electrons. The third-order valence-corrected chi connectivity index (χ3v) is 2.96. The summed E-state index contributed by atoms with van der Waals surface area (Å²) in [6.45, 7) is 0.362. The monoisotopic (exact) mass is 287 g/mol. The van der Waals surface area contributed by atoms with Gasteiger partial charge < -0.3 is 20.5 Å². The summed E-state index contributed by atoms with van der Waals surface area (Å²) in [4.78, 5) is 16.2. The number of nitrogens with two attached hydrogens (primary N) is 1. The largest absolute Gasteiger partial charge is 0.497 e. The van der Waals surface area contributed by atoms with Crippen LogP contribution in [0.1, 0.15) is 15.9 Å². The van der Waals surface area contributed by atoms with Crippen LogP contribution in [0.4, 0.5) is 5.69 Å². The summed E-state index contributed by atoms with van der Waals surface area (Å²) < 4.78 is 10.0. The van der Waals surface area contributed by atoms with Gasteiger partial charge in [0, 0.05) is 30.6 Å². The van der Waals surface area contributed by atoms with E-state index in [9.17, 15) is 4.79 Å². The van der Waals surface area contributed by atoms with E-state index >= 15 is 0 Å². The molecule has 1 heterocycles. The molecule has 0 aliphatic carbocycles. The molecule has 0 bridgehead atoms. The van der Waals surface area contributed by atoms with Crippen LogP contribution in [-0.2, 0) is 6.54 Å². The molecule has 0 saturated carbocycles. The summed E-state index contributed by atoms with van der Waals surface area (Å²) in [5.41, 5.74) is 7.50. The topological polar surface area (TPSA) is 86.5 Å². The Morgan fingerprint density at radius 3 is 2.62 bits per heavy atom. The molecule has 6 nitrogen and oxygen atoms in total. The molecule has 110 valence electrons. The number of anilines is 1. The Balaban J connectivity index is 2.00. The van der Waals surface area contributed by atoms with E-state index in [0.29, 0.717) is 29.4 Å². The number of carbonyl (C=O) groups excluding carboxylic acids is 1. The van der Waals surface area contributed by atoms with Gasteiger partial charge in [-0.05, 0) is 17.7 Å². The maximum absolute atomic E-state index is 12.1. The molecule has 0 aliphatic rings. The summed E-state index contributed by atoms with van der Waals surface area (Å²) in [6, 6.07) is 8.52. The van der Waals surface area contributed by atoms with Crippen LogP contribution in [0.5, 0.6) is 11.6 Å². The fraction of sp³-hybridized carbons (Fsp3) is 0.200. The van der Waals surface area contributed by atoms with Gasteiger partial charge in [0.25, 0.3) is 5.91 Å². The van der Waals surface area contributed by atoms with E-state index in [1.807, 2.05) is 6.07 Å². The van der Waals surface area contributed by atoms with Gasteiger partial charge in [0.15, 0.2) is 0 Å². The Morgan fingerprint density at radius 2 is 2.05 bits per heavy atom. The number of benzene rings is 1. The van der Waals surface area contributed by atoms with Crippen LogP contribution in [0.15, 0.2) is 36.5 Å². The molecule has 0 saturated heterocycles. The number of hydrogen-bond donors (Lipinski definition) is 2. The number of hydrogen-bond acceptors (Lipinski definition) is 5. The fourth-order valence-corrected chi connectivity index (χ4v) is 1.79. The van der Waals surface area contributed by atoms with Gasteiger partial charge in [-0.25, -0.2) is 4.98 Å². The zero-order valence-electron chi connectivity index (χ0n) is 11.9. The molecule has 0 spiro atoms. The number of methoxy groups -OCH3 is 2. The highest BCUT2D eigenvalue weighted by Crippen LogP contribution is 2.19. The smallest absolute Gasteiger partial charge is 0.253 e. The van der Waals surface area contributed by atoms with Crippen LogP contribution in [-0.4, -0.2) is 25.1 Å². The summed E-state index contributed by atoms with van der Waals surface area (Å²) in [5.74, 6) is 0.902. The number of amides is 1. The van der Waals surface area contributed by atoms with Crippen molar-refractivity contribution in [1.82, 2.24) is 10.3 Å². The predicted molar refractivity (Wildman–Crippen MR) is 79.4 cm³/mol. The fourth-order valence-electron chi connectivity index (χ4n) is 1.79. The molecule has 2 rings (SSSR count). The lowest BCUT2D eigenvalue weighted by molar-refractivity contribution is 0.0952. The average Bonchev–Trinajstić information content (AvgIpc) is 2.52. The normalized spacial score (nSPS) is 10.0. The van der Waals surface area contributed by atoms with Crippen LogP contribution in [0, 0.1) is 0 Å². The number of nitrogen functional groups attached to an aromatic ring is 1. The first kappa shape index (κ1) is 14.6. The van der Waals surface area contributed by atoms with Crippen LogP contribution < -0.4 is 20.5 Å². The Kier molecular flexibility index (Phi) is 4.61. The molecule has 0 unspecified atom stereocenters. The highest BCUT2D eigenvalue weighted by Gasteiger charge is 2.10. The van der Waals surface area contributed by atoms with E-state index in [1.165, 1.54) is 0 Å². The highest BCUT2D eigenvalue weighted by atomic mass is 16.5. The van der Waals surface area contributed by atoms with Crippen molar-refractivity contribution in [2.45, 2.75) is 6.54 Å². The predicted octanol–water partition coefficient (Wildman–Crippen LogP) is 1.61. The second kappa shape index (κ2) is 6.60. The first-order valence-electron chi connectivity index (χ1n) is 6.34. The Bertz CT molecular complexity index is 627. The zero-order chi connectivity index (χ0) is 15.2. The average molecular weight is 287 g/mol. The minimum Gasteiger partial charge on any atom is -0.497 e. The minimum absolute atomic E-state index is 0.244. The van der Waals surface area contributed by atoms with Crippen molar-refractivity contribution in [2.75, 3.05) is 20.0 Å². The molecular weight excluding hydrogens is 270 g/mol. The second-order valence-corrected chi connectivity index (χ2v) is 4.34. The molecule has 1 amide bonds. The van der Waals surface area contributed by atoms with Gasteiger partial charge in [-0.1, -0.05) is 6.07 Å². The van der Waals surface area contributed by atoms with E-state index in [1.54, 1.807) is 44.7 Å². The lowest BCUT2D eigenvalue weighted by Gasteiger charge is -2.09. The first-order chi connectivity index (χ1) is 10.1. The van der Waals surface area contributed by atoms with E-state index in [0.717, 1.165) is 5.56 Å². The maximum Gasteiger partial charge on any atom is 0.253 e. The van der Waals surface area contributed by atoms with Gasteiger partial charge >= 0.3 is 0 Å². The molecule has 1 aromatic carbocycles. The number of aromatic nitrogens is 1. The van der Waals surface area contributed by atoms with Gasteiger partial charge in [-0.2, -0.15) is 0 Å². The number of pyridine rings is 1. The van der Waals surface area contributed by atoms with E-state index < -0.39 is 0 Å². The Hall–Kier alpha value is -2.76. The summed E-state index contributed by atoms with van der Waals surface area (Å²) in [6.07, 6.45) is 1.65. The molecule has 3 N–H and O–H groups in total. The number of rotatable bonds is 5. The van der Waals surface area contributed by atoms with Crippen molar-refractivity contribution < 1.29 is 14.3 Å². The maximum atomic E-state index is 12.1. The second-order valence-electron chi connectivity index (χ2n) is 4.34. The Morgan fingerprint density at radius 1 is 1.24 bits per heavy atom. The van der Waals surface area contributed by atoms with E-state index in [2.05, 4.69) is 10.3 Å². The minimum atomic E-state index is -0.244. The third kappa shape index (κ3) is 3.62. The molecular formula is C15H17N3O3. The number of nitrogens with zero attached hydrogens (tertiary/aromatic N) is 1. The first-order valence-corrected chi connectivity index (χ1v) is 6.34. The van der Waals surface area contributed by atoms with Crippen molar-refractivity contribution in [1.29, 1.82) is 0 Å². The van der Waals surface area contributed by atoms with E-state index in [-0.39, 0.29) is 5.91 Å². The Labute approximate surface area is 122 Å². The van der Waals surface area contributed by atoms with Gasteiger partial charge in [-0.3, -0.25) is 4.79 Å². The van der Waals surface area contributed by atoms with Crippen LogP contribution in [0.3, 0.4) is 0 Å². The number of nitrogens with one attached hydrogen (secondary N) is 1. The van der Waals surface area contributed by atoms with Crippen molar-refractivity contribution in [3.8, 4) is 11.6 Å². The molecule has 1 aromatic heterocycles. The summed E-state index contributed by atoms with van der Waals surface area (Å²) in [7, 11) is 3.10. The summed E-state index contributed by atoms with van der Waals surface area (Å²) >= 11 is 0. The number of ether oxygens (including phenoxy) is 2. The van der Waals surface area contributed by atoms with Crippen LogP contribution in [0.25, 0.3) is 0 Å². The summed E-state index contributed by atoms with van der Waals surface area (Å²) in [5, 5.41) is 2.79. The lowest BCUT2D eigenvalue weighted by atomic mass is 10.1. The SMILES string of the molecule is COc1ccc(C(=O)NCc2ccc(OC)nc2)c(N)c1. The number of carbonyl (C=O) groups is 1.